The summed E-state index contributed by atoms with van der Waals surface area (Å²) in [5.41, 5.74) is 1.67. The fourth-order valence-corrected chi connectivity index (χ4v) is 4.47. The van der Waals surface area contributed by atoms with E-state index in [0.717, 1.165) is 42.1 Å². The van der Waals surface area contributed by atoms with E-state index in [1.807, 2.05) is 23.6 Å². The molecule has 0 radical (unpaired) electrons. The second-order valence-electron chi connectivity index (χ2n) is 7.47. The molecule has 5 nitrogen and oxygen atoms in total. The SMILES string of the molecule is O=C(C[C@@H]1CCNC[C@@H]1Cc1cc(-c2ccc(F)cc2)on1)NCc1cccs1. The van der Waals surface area contributed by atoms with Gasteiger partial charge in [-0.3, -0.25) is 4.79 Å². The highest BCUT2D eigenvalue weighted by atomic mass is 32.1. The first-order valence-corrected chi connectivity index (χ1v) is 10.8. The Morgan fingerprint density at radius 2 is 2.14 bits per heavy atom. The average molecular weight is 414 g/mol. The van der Waals surface area contributed by atoms with Gasteiger partial charge in [0.1, 0.15) is 5.82 Å². The van der Waals surface area contributed by atoms with E-state index in [4.69, 9.17) is 4.52 Å². The molecule has 1 aromatic carbocycles. The van der Waals surface area contributed by atoms with Crippen molar-refractivity contribution in [2.45, 2.75) is 25.8 Å². The van der Waals surface area contributed by atoms with Crippen molar-refractivity contribution >= 4 is 17.2 Å². The highest BCUT2D eigenvalue weighted by Gasteiger charge is 2.28. The zero-order valence-electron chi connectivity index (χ0n) is 16.1. The maximum atomic E-state index is 13.1. The first-order valence-electron chi connectivity index (χ1n) is 9.88. The quantitative estimate of drug-likeness (QED) is 0.614. The number of hydrogen-bond donors (Lipinski definition) is 2. The second kappa shape index (κ2) is 9.33. The summed E-state index contributed by atoms with van der Waals surface area (Å²) in [6.07, 6.45) is 2.25. The van der Waals surface area contributed by atoms with E-state index < -0.39 is 0 Å². The van der Waals surface area contributed by atoms with Crippen LogP contribution in [0.3, 0.4) is 0 Å². The number of amides is 1. The summed E-state index contributed by atoms with van der Waals surface area (Å²) in [6, 6.07) is 12.1. The number of carbonyl (C=O) groups excluding carboxylic acids is 1. The standard InChI is InChI=1S/C22H24FN3O2S/c23-18-5-3-15(4-6-18)21-12-19(26-28-21)10-17-13-24-8-7-16(17)11-22(27)25-14-20-2-1-9-29-20/h1-6,9,12,16-17,24H,7-8,10-11,13-14H2,(H,25,27)/t16-,17-/m0/s1. The molecule has 2 atom stereocenters. The summed E-state index contributed by atoms with van der Waals surface area (Å²) in [6.45, 7) is 2.39. The van der Waals surface area contributed by atoms with Crippen molar-refractivity contribution < 1.29 is 13.7 Å². The lowest BCUT2D eigenvalue weighted by atomic mass is 9.81. The molecule has 1 saturated heterocycles. The molecule has 7 heteroatoms. The summed E-state index contributed by atoms with van der Waals surface area (Å²) in [5, 5.41) is 12.7. The minimum absolute atomic E-state index is 0.0995. The van der Waals surface area contributed by atoms with Crippen LogP contribution in [0.25, 0.3) is 11.3 Å². The predicted octanol–water partition coefficient (Wildman–Crippen LogP) is 4.02. The molecule has 0 spiro atoms. The van der Waals surface area contributed by atoms with Crippen molar-refractivity contribution in [1.29, 1.82) is 0 Å². The van der Waals surface area contributed by atoms with Gasteiger partial charge < -0.3 is 15.2 Å². The maximum absolute atomic E-state index is 13.1. The Labute approximate surface area is 173 Å². The summed E-state index contributed by atoms with van der Waals surface area (Å²) in [4.78, 5) is 13.6. The molecule has 2 aromatic heterocycles. The minimum Gasteiger partial charge on any atom is -0.356 e. The van der Waals surface area contributed by atoms with Crippen molar-refractivity contribution in [2.24, 2.45) is 11.8 Å². The molecular weight excluding hydrogens is 389 g/mol. The highest BCUT2D eigenvalue weighted by molar-refractivity contribution is 7.09. The van der Waals surface area contributed by atoms with E-state index in [1.54, 1.807) is 23.5 Å². The Hall–Kier alpha value is -2.51. The van der Waals surface area contributed by atoms with E-state index in [9.17, 15) is 9.18 Å². The fraction of sp³-hybridized carbons (Fsp3) is 0.364. The van der Waals surface area contributed by atoms with Crippen molar-refractivity contribution in [3.8, 4) is 11.3 Å². The van der Waals surface area contributed by atoms with Crippen molar-refractivity contribution in [1.82, 2.24) is 15.8 Å². The highest BCUT2D eigenvalue weighted by Crippen LogP contribution is 2.28. The number of benzene rings is 1. The van der Waals surface area contributed by atoms with Crippen LogP contribution >= 0.6 is 11.3 Å². The van der Waals surface area contributed by atoms with Gasteiger partial charge in [0.05, 0.1) is 12.2 Å². The van der Waals surface area contributed by atoms with Crippen LogP contribution in [0.5, 0.6) is 0 Å². The van der Waals surface area contributed by atoms with Crippen molar-refractivity contribution in [2.75, 3.05) is 13.1 Å². The van der Waals surface area contributed by atoms with Gasteiger partial charge in [0.25, 0.3) is 0 Å². The second-order valence-corrected chi connectivity index (χ2v) is 8.50. The van der Waals surface area contributed by atoms with Crippen LogP contribution in [0.1, 0.15) is 23.4 Å². The topological polar surface area (TPSA) is 67.2 Å². The molecule has 0 unspecified atom stereocenters. The largest absolute Gasteiger partial charge is 0.356 e. The maximum Gasteiger partial charge on any atom is 0.220 e. The smallest absolute Gasteiger partial charge is 0.220 e. The molecule has 3 aromatic rings. The molecular formula is C22H24FN3O2S. The molecule has 1 aliphatic rings. The van der Waals surface area contributed by atoms with Crippen LogP contribution in [-0.4, -0.2) is 24.2 Å². The average Bonchev–Trinajstić information content (AvgIpc) is 3.41. The number of hydrogen-bond acceptors (Lipinski definition) is 5. The Morgan fingerprint density at radius 3 is 2.93 bits per heavy atom. The zero-order valence-corrected chi connectivity index (χ0v) is 16.9. The Bertz CT molecular complexity index is 924. The number of aromatic nitrogens is 1. The van der Waals surface area contributed by atoms with E-state index in [1.165, 1.54) is 12.1 Å². The van der Waals surface area contributed by atoms with Gasteiger partial charge in [-0.2, -0.15) is 0 Å². The molecule has 152 valence electrons. The Morgan fingerprint density at radius 1 is 1.28 bits per heavy atom. The van der Waals surface area contributed by atoms with Gasteiger partial charge in [-0.05, 0) is 73.5 Å². The van der Waals surface area contributed by atoms with E-state index in [-0.39, 0.29) is 11.7 Å². The van der Waals surface area contributed by atoms with Crippen molar-refractivity contribution in [3.63, 3.8) is 0 Å². The van der Waals surface area contributed by atoms with Crippen LogP contribution in [0, 0.1) is 17.7 Å². The number of thiophene rings is 1. The van der Waals surface area contributed by atoms with Crippen molar-refractivity contribution in [3.05, 3.63) is 64.2 Å². The third kappa shape index (κ3) is 5.31. The van der Waals surface area contributed by atoms with Gasteiger partial charge in [0.15, 0.2) is 5.76 Å². The van der Waals surface area contributed by atoms with E-state index in [2.05, 4.69) is 15.8 Å². The number of halogens is 1. The van der Waals surface area contributed by atoms with E-state index in [0.29, 0.717) is 30.6 Å². The molecule has 1 amide bonds. The summed E-state index contributed by atoms with van der Waals surface area (Å²) < 4.78 is 18.6. The molecule has 29 heavy (non-hydrogen) atoms. The molecule has 3 heterocycles. The minimum atomic E-state index is -0.276. The molecule has 0 aliphatic carbocycles. The predicted molar refractivity (Wildman–Crippen MR) is 111 cm³/mol. The van der Waals surface area contributed by atoms with Crippen LogP contribution in [-0.2, 0) is 17.8 Å². The van der Waals surface area contributed by atoms with Gasteiger partial charge in [-0.1, -0.05) is 11.2 Å². The lowest BCUT2D eigenvalue weighted by Crippen LogP contribution is -2.40. The number of carbonyl (C=O) groups is 1. The zero-order chi connectivity index (χ0) is 20.1. The summed E-state index contributed by atoms with van der Waals surface area (Å²) in [5.74, 6) is 1.09. The number of rotatable bonds is 7. The number of piperidine rings is 1. The Kier molecular flexibility index (Phi) is 6.36. The van der Waals surface area contributed by atoms with Gasteiger partial charge in [0.2, 0.25) is 5.91 Å². The molecule has 2 N–H and O–H groups in total. The lowest BCUT2D eigenvalue weighted by Gasteiger charge is -2.31. The number of nitrogens with one attached hydrogen (secondary N) is 2. The molecule has 1 fully saturated rings. The van der Waals surface area contributed by atoms with Crippen LogP contribution in [0.15, 0.2) is 52.4 Å². The van der Waals surface area contributed by atoms with Gasteiger partial charge in [-0.25, -0.2) is 4.39 Å². The molecule has 4 rings (SSSR count). The molecule has 0 saturated carbocycles. The van der Waals surface area contributed by atoms with E-state index >= 15 is 0 Å². The lowest BCUT2D eigenvalue weighted by molar-refractivity contribution is -0.122. The third-order valence-electron chi connectivity index (χ3n) is 5.41. The molecule has 0 bridgehead atoms. The van der Waals surface area contributed by atoms with Gasteiger partial charge in [0, 0.05) is 22.9 Å². The Balaban J connectivity index is 1.35. The normalized spacial score (nSPS) is 19.2. The monoisotopic (exact) mass is 413 g/mol. The van der Waals surface area contributed by atoms with Crippen LogP contribution in [0.4, 0.5) is 4.39 Å². The van der Waals surface area contributed by atoms with Crippen LogP contribution in [0.2, 0.25) is 0 Å². The van der Waals surface area contributed by atoms with Crippen LogP contribution < -0.4 is 10.6 Å². The first kappa shape index (κ1) is 19.8. The third-order valence-corrected chi connectivity index (χ3v) is 6.29. The summed E-state index contributed by atoms with van der Waals surface area (Å²) >= 11 is 1.65. The van der Waals surface area contributed by atoms with Gasteiger partial charge in [-0.15, -0.1) is 11.3 Å². The first-order chi connectivity index (χ1) is 14.2. The fourth-order valence-electron chi connectivity index (χ4n) is 3.82. The summed E-state index contributed by atoms with van der Waals surface area (Å²) in [7, 11) is 0. The molecule has 1 aliphatic heterocycles. The number of nitrogens with zero attached hydrogens (tertiary/aromatic N) is 1. The van der Waals surface area contributed by atoms with Gasteiger partial charge >= 0.3 is 0 Å².